The van der Waals surface area contributed by atoms with Gasteiger partial charge in [-0.25, -0.2) is 0 Å². The molecule has 0 aliphatic carbocycles. The molecule has 1 aromatic carbocycles. The smallest absolute Gasteiger partial charge is 0.280 e. The number of halogens is 1. The molecule has 1 aliphatic rings. The van der Waals surface area contributed by atoms with E-state index in [0.29, 0.717) is 37.6 Å². The van der Waals surface area contributed by atoms with Gasteiger partial charge in [0.2, 0.25) is 0 Å². The first-order valence-electron chi connectivity index (χ1n) is 6.76. The molecular formula is C13H20ClN3O2S. The summed E-state index contributed by atoms with van der Waals surface area (Å²) in [6.45, 7) is 4.36. The molecule has 1 aromatic rings. The van der Waals surface area contributed by atoms with E-state index in [2.05, 4.69) is 10.0 Å². The van der Waals surface area contributed by atoms with E-state index in [9.17, 15) is 8.42 Å². The highest BCUT2D eigenvalue weighted by atomic mass is 35.5. The lowest BCUT2D eigenvalue weighted by Gasteiger charge is -2.29. The van der Waals surface area contributed by atoms with E-state index in [0.717, 1.165) is 5.56 Å². The molecule has 0 amide bonds. The van der Waals surface area contributed by atoms with Crippen molar-refractivity contribution in [2.45, 2.75) is 19.4 Å². The average molecular weight is 318 g/mol. The number of nitrogens with zero attached hydrogens (tertiary/aromatic N) is 1. The Balaban J connectivity index is 2.10. The van der Waals surface area contributed by atoms with Gasteiger partial charge in [0.05, 0.1) is 0 Å². The minimum atomic E-state index is -3.44. The largest absolute Gasteiger partial charge is 0.314 e. The first-order chi connectivity index (χ1) is 9.53. The van der Waals surface area contributed by atoms with E-state index in [1.807, 2.05) is 19.1 Å². The van der Waals surface area contributed by atoms with Gasteiger partial charge in [0, 0.05) is 37.2 Å². The fourth-order valence-electron chi connectivity index (χ4n) is 2.22. The van der Waals surface area contributed by atoms with Gasteiger partial charge in [0.1, 0.15) is 0 Å². The van der Waals surface area contributed by atoms with Crippen molar-refractivity contribution < 1.29 is 8.42 Å². The number of nitrogens with one attached hydrogen (secondary N) is 2. The number of piperazine rings is 1. The van der Waals surface area contributed by atoms with Crippen LogP contribution in [-0.4, -0.2) is 38.9 Å². The van der Waals surface area contributed by atoms with Crippen LogP contribution in [0.2, 0.25) is 5.02 Å². The summed E-state index contributed by atoms with van der Waals surface area (Å²) >= 11 is 5.86. The van der Waals surface area contributed by atoms with Crippen molar-refractivity contribution in [1.29, 1.82) is 0 Å². The maximum Gasteiger partial charge on any atom is 0.280 e. The van der Waals surface area contributed by atoms with Gasteiger partial charge in [0.15, 0.2) is 0 Å². The normalized spacial score (nSPS) is 18.9. The molecule has 0 radical (unpaired) electrons. The van der Waals surface area contributed by atoms with Crippen LogP contribution in [0, 0.1) is 0 Å². The molecule has 5 nitrogen and oxygen atoms in total. The van der Waals surface area contributed by atoms with Gasteiger partial charge in [0.25, 0.3) is 10.2 Å². The van der Waals surface area contributed by atoms with E-state index in [1.54, 1.807) is 12.1 Å². The molecule has 0 saturated carbocycles. The average Bonchev–Trinajstić information content (AvgIpc) is 2.47. The minimum absolute atomic E-state index is 0.229. The fourth-order valence-corrected chi connectivity index (χ4v) is 3.82. The lowest BCUT2D eigenvalue weighted by atomic mass is 10.1. The Morgan fingerprint density at radius 3 is 2.45 bits per heavy atom. The molecule has 7 heteroatoms. The second-order valence-corrected chi connectivity index (χ2v) is 6.92. The second kappa shape index (κ2) is 6.87. The third kappa shape index (κ3) is 3.93. The molecule has 1 aliphatic heterocycles. The summed E-state index contributed by atoms with van der Waals surface area (Å²) in [5, 5.41) is 3.79. The maximum atomic E-state index is 12.4. The van der Waals surface area contributed by atoms with Crippen LogP contribution in [0.25, 0.3) is 0 Å². The monoisotopic (exact) mass is 317 g/mol. The Bertz CT molecular complexity index is 527. The summed E-state index contributed by atoms with van der Waals surface area (Å²) < 4.78 is 29.0. The van der Waals surface area contributed by atoms with Gasteiger partial charge in [-0.3, -0.25) is 0 Å². The van der Waals surface area contributed by atoms with Gasteiger partial charge in [-0.1, -0.05) is 30.7 Å². The Morgan fingerprint density at radius 2 is 1.90 bits per heavy atom. The zero-order chi connectivity index (χ0) is 14.6. The van der Waals surface area contributed by atoms with Gasteiger partial charge in [-0.2, -0.15) is 17.4 Å². The highest BCUT2D eigenvalue weighted by Crippen LogP contribution is 2.20. The number of benzene rings is 1. The van der Waals surface area contributed by atoms with Crippen molar-refractivity contribution in [2.75, 3.05) is 26.2 Å². The summed E-state index contributed by atoms with van der Waals surface area (Å²) in [4.78, 5) is 0. The molecule has 2 N–H and O–H groups in total. The molecule has 1 fully saturated rings. The molecule has 0 aromatic heterocycles. The number of hydrogen-bond donors (Lipinski definition) is 2. The molecular weight excluding hydrogens is 298 g/mol. The predicted octanol–water partition coefficient (Wildman–Crippen LogP) is 1.53. The molecule has 112 valence electrons. The van der Waals surface area contributed by atoms with E-state index in [1.165, 1.54) is 4.31 Å². The lowest BCUT2D eigenvalue weighted by molar-refractivity contribution is 0.350. The summed E-state index contributed by atoms with van der Waals surface area (Å²) in [6.07, 6.45) is 0.687. The van der Waals surface area contributed by atoms with Gasteiger partial charge in [-0.05, 0) is 24.1 Å². The van der Waals surface area contributed by atoms with Crippen molar-refractivity contribution in [3.8, 4) is 0 Å². The Kier molecular flexibility index (Phi) is 5.40. The molecule has 20 heavy (non-hydrogen) atoms. The van der Waals surface area contributed by atoms with Crippen LogP contribution in [0.15, 0.2) is 24.3 Å². The first kappa shape index (κ1) is 15.7. The standard InChI is InChI=1S/C13H20ClN3O2S/c1-2-13(11-3-5-12(14)6-4-11)16-20(18,19)17-9-7-15-8-10-17/h3-6,13,15-16H,2,7-10H2,1H3. The van der Waals surface area contributed by atoms with Crippen molar-refractivity contribution in [3.05, 3.63) is 34.9 Å². The summed E-state index contributed by atoms with van der Waals surface area (Å²) in [7, 11) is -3.44. The SMILES string of the molecule is CCC(NS(=O)(=O)N1CCNCC1)c1ccc(Cl)cc1. The van der Waals surface area contributed by atoms with Crippen LogP contribution in [0.1, 0.15) is 24.9 Å². The zero-order valence-corrected chi connectivity index (χ0v) is 13.0. The van der Waals surface area contributed by atoms with Crippen LogP contribution < -0.4 is 10.0 Å². The first-order valence-corrected chi connectivity index (χ1v) is 8.58. The highest BCUT2D eigenvalue weighted by molar-refractivity contribution is 7.87. The van der Waals surface area contributed by atoms with Gasteiger partial charge in [-0.15, -0.1) is 0 Å². The maximum absolute atomic E-state index is 12.4. The number of hydrogen-bond acceptors (Lipinski definition) is 3. The van der Waals surface area contributed by atoms with Crippen LogP contribution in [0.5, 0.6) is 0 Å². The van der Waals surface area contributed by atoms with E-state index < -0.39 is 10.2 Å². The molecule has 1 heterocycles. The third-order valence-corrected chi connectivity index (χ3v) is 5.27. The van der Waals surface area contributed by atoms with Gasteiger partial charge >= 0.3 is 0 Å². The van der Waals surface area contributed by atoms with E-state index >= 15 is 0 Å². The molecule has 2 rings (SSSR count). The predicted molar refractivity (Wildman–Crippen MR) is 81.0 cm³/mol. The van der Waals surface area contributed by atoms with Crippen LogP contribution in [0.3, 0.4) is 0 Å². The van der Waals surface area contributed by atoms with E-state index in [4.69, 9.17) is 11.6 Å². The second-order valence-electron chi connectivity index (χ2n) is 4.78. The van der Waals surface area contributed by atoms with Crippen molar-refractivity contribution in [1.82, 2.24) is 14.3 Å². The molecule has 1 saturated heterocycles. The van der Waals surface area contributed by atoms with Crippen LogP contribution in [0.4, 0.5) is 0 Å². The van der Waals surface area contributed by atoms with Crippen molar-refractivity contribution in [3.63, 3.8) is 0 Å². The molecule has 0 spiro atoms. The molecule has 0 bridgehead atoms. The topological polar surface area (TPSA) is 61.4 Å². The zero-order valence-electron chi connectivity index (χ0n) is 11.5. The molecule has 1 unspecified atom stereocenters. The quantitative estimate of drug-likeness (QED) is 0.866. The van der Waals surface area contributed by atoms with Crippen molar-refractivity contribution >= 4 is 21.8 Å². The van der Waals surface area contributed by atoms with Crippen LogP contribution in [-0.2, 0) is 10.2 Å². The highest BCUT2D eigenvalue weighted by Gasteiger charge is 2.26. The Labute approximate surface area is 125 Å². The van der Waals surface area contributed by atoms with Crippen molar-refractivity contribution in [2.24, 2.45) is 0 Å². The summed E-state index contributed by atoms with van der Waals surface area (Å²) in [5.74, 6) is 0. The lowest BCUT2D eigenvalue weighted by Crippen LogP contribution is -2.51. The Morgan fingerprint density at radius 1 is 1.30 bits per heavy atom. The summed E-state index contributed by atoms with van der Waals surface area (Å²) in [6, 6.07) is 7.04. The fraction of sp³-hybridized carbons (Fsp3) is 0.538. The molecule has 1 atom stereocenters. The Hall–Kier alpha value is -0.660. The summed E-state index contributed by atoms with van der Waals surface area (Å²) in [5.41, 5.74) is 0.926. The van der Waals surface area contributed by atoms with Crippen LogP contribution >= 0.6 is 11.6 Å². The van der Waals surface area contributed by atoms with Gasteiger partial charge < -0.3 is 5.32 Å². The minimum Gasteiger partial charge on any atom is -0.314 e. The van der Waals surface area contributed by atoms with E-state index in [-0.39, 0.29) is 6.04 Å². The third-order valence-electron chi connectivity index (χ3n) is 3.39. The number of rotatable bonds is 5.